The summed E-state index contributed by atoms with van der Waals surface area (Å²) in [5.74, 6) is 2.61. The first-order valence-electron chi connectivity index (χ1n) is 5.18. The molecule has 0 aromatic rings. The van der Waals surface area contributed by atoms with Crippen molar-refractivity contribution in [3.05, 3.63) is 0 Å². The molecule has 1 amide bonds. The standard InChI is InChI=1S/C11H18N2O/c1-3-4-9(2)13-11(14)7-8-12-10-5-6-10/h1,9-10,12H,4-8H2,2H3,(H,13,14). The largest absolute Gasteiger partial charge is 0.353 e. The minimum absolute atomic E-state index is 0.0842. The van der Waals surface area contributed by atoms with Crippen LogP contribution in [0.2, 0.25) is 0 Å². The zero-order valence-corrected chi connectivity index (χ0v) is 8.68. The summed E-state index contributed by atoms with van der Waals surface area (Å²) in [4.78, 5) is 11.3. The van der Waals surface area contributed by atoms with E-state index in [0.29, 0.717) is 18.9 Å². The first-order chi connectivity index (χ1) is 6.72. The highest BCUT2D eigenvalue weighted by Gasteiger charge is 2.20. The minimum atomic E-state index is 0.0842. The third kappa shape index (κ3) is 4.88. The normalized spacial score (nSPS) is 17.1. The molecule has 3 nitrogen and oxygen atoms in total. The average molecular weight is 194 g/mol. The van der Waals surface area contributed by atoms with Crippen LogP contribution in [0.1, 0.15) is 32.6 Å². The molecule has 1 atom stereocenters. The Morgan fingerprint density at radius 3 is 2.93 bits per heavy atom. The van der Waals surface area contributed by atoms with Crippen LogP contribution in [0.5, 0.6) is 0 Å². The SMILES string of the molecule is C#CCC(C)NC(=O)CCNC1CC1. The summed E-state index contributed by atoms with van der Waals surface area (Å²) in [6.07, 6.45) is 8.80. The van der Waals surface area contributed by atoms with Crippen LogP contribution in [0.3, 0.4) is 0 Å². The van der Waals surface area contributed by atoms with E-state index in [1.807, 2.05) is 6.92 Å². The number of carbonyl (C=O) groups excluding carboxylic acids is 1. The van der Waals surface area contributed by atoms with Gasteiger partial charge < -0.3 is 10.6 Å². The number of amides is 1. The van der Waals surface area contributed by atoms with Gasteiger partial charge in [-0.2, -0.15) is 0 Å². The monoisotopic (exact) mass is 194 g/mol. The van der Waals surface area contributed by atoms with E-state index in [1.165, 1.54) is 12.8 Å². The van der Waals surface area contributed by atoms with E-state index in [9.17, 15) is 4.79 Å². The van der Waals surface area contributed by atoms with E-state index < -0.39 is 0 Å². The van der Waals surface area contributed by atoms with Crippen molar-refractivity contribution in [2.45, 2.75) is 44.7 Å². The molecule has 1 aliphatic carbocycles. The summed E-state index contributed by atoms with van der Waals surface area (Å²) in [5, 5.41) is 6.15. The molecule has 0 aliphatic heterocycles. The Hall–Kier alpha value is -1.01. The third-order valence-corrected chi connectivity index (χ3v) is 2.19. The second kappa shape index (κ2) is 5.66. The number of nitrogens with one attached hydrogen (secondary N) is 2. The van der Waals surface area contributed by atoms with Gasteiger partial charge in [0.2, 0.25) is 5.91 Å². The molecule has 0 radical (unpaired) electrons. The molecule has 1 rings (SSSR count). The summed E-state index contributed by atoms with van der Waals surface area (Å²) >= 11 is 0. The predicted octanol–water partition coefficient (Wildman–Crippen LogP) is 0.656. The van der Waals surface area contributed by atoms with Gasteiger partial charge in [-0.05, 0) is 19.8 Å². The number of rotatable bonds is 6. The van der Waals surface area contributed by atoms with Gasteiger partial charge in [0.1, 0.15) is 0 Å². The molecular weight excluding hydrogens is 176 g/mol. The zero-order valence-electron chi connectivity index (χ0n) is 8.68. The van der Waals surface area contributed by atoms with Gasteiger partial charge in [0.15, 0.2) is 0 Å². The Bertz CT molecular complexity index is 228. The zero-order chi connectivity index (χ0) is 10.4. The van der Waals surface area contributed by atoms with Crippen molar-refractivity contribution in [1.82, 2.24) is 10.6 Å². The van der Waals surface area contributed by atoms with Crippen molar-refractivity contribution < 1.29 is 4.79 Å². The molecule has 1 saturated carbocycles. The van der Waals surface area contributed by atoms with Gasteiger partial charge >= 0.3 is 0 Å². The molecule has 0 aromatic heterocycles. The maximum Gasteiger partial charge on any atom is 0.221 e. The molecule has 0 spiro atoms. The number of carbonyl (C=O) groups is 1. The van der Waals surface area contributed by atoms with Crippen molar-refractivity contribution >= 4 is 5.91 Å². The first-order valence-corrected chi connectivity index (χ1v) is 5.18. The lowest BCUT2D eigenvalue weighted by molar-refractivity contribution is -0.121. The van der Waals surface area contributed by atoms with Crippen LogP contribution in [-0.4, -0.2) is 24.5 Å². The van der Waals surface area contributed by atoms with Gasteiger partial charge in [-0.15, -0.1) is 12.3 Å². The second-order valence-corrected chi connectivity index (χ2v) is 3.86. The molecular formula is C11H18N2O. The summed E-state index contributed by atoms with van der Waals surface area (Å²) < 4.78 is 0. The quantitative estimate of drug-likeness (QED) is 0.610. The fraction of sp³-hybridized carbons (Fsp3) is 0.727. The van der Waals surface area contributed by atoms with Gasteiger partial charge in [0.25, 0.3) is 0 Å². The van der Waals surface area contributed by atoms with Crippen molar-refractivity contribution in [2.24, 2.45) is 0 Å². The highest BCUT2D eigenvalue weighted by atomic mass is 16.1. The molecule has 78 valence electrons. The summed E-state index contributed by atoms with van der Waals surface area (Å²) in [6, 6.07) is 0.763. The van der Waals surface area contributed by atoms with Crippen LogP contribution in [0.25, 0.3) is 0 Å². The predicted molar refractivity (Wildman–Crippen MR) is 56.7 cm³/mol. The highest BCUT2D eigenvalue weighted by molar-refractivity contribution is 5.76. The van der Waals surface area contributed by atoms with E-state index in [-0.39, 0.29) is 11.9 Å². The van der Waals surface area contributed by atoms with Crippen LogP contribution in [0.4, 0.5) is 0 Å². The molecule has 0 aromatic carbocycles. The Balaban J connectivity index is 1.99. The van der Waals surface area contributed by atoms with E-state index in [0.717, 1.165) is 6.54 Å². The summed E-state index contributed by atoms with van der Waals surface area (Å²) in [5.41, 5.74) is 0. The van der Waals surface area contributed by atoms with Crippen LogP contribution >= 0.6 is 0 Å². The van der Waals surface area contributed by atoms with Gasteiger partial charge in [-0.1, -0.05) is 0 Å². The Morgan fingerprint density at radius 2 is 2.36 bits per heavy atom. The molecule has 3 heteroatoms. The Morgan fingerprint density at radius 1 is 1.64 bits per heavy atom. The minimum Gasteiger partial charge on any atom is -0.353 e. The highest BCUT2D eigenvalue weighted by Crippen LogP contribution is 2.18. The van der Waals surface area contributed by atoms with Gasteiger partial charge in [-0.25, -0.2) is 0 Å². The van der Waals surface area contributed by atoms with Crippen LogP contribution in [0, 0.1) is 12.3 Å². The maximum absolute atomic E-state index is 11.3. The van der Waals surface area contributed by atoms with E-state index >= 15 is 0 Å². The molecule has 1 fully saturated rings. The number of hydrogen-bond donors (Lipinski definition) is 2. The molecule has 1 aliphatic rings. The topological polar surface area (TPSA) is 41.1 Å². The van der Waals surface area contributed by atoms with Crippen LogP contribution in [0.15, 0.2) is 0 Å². The van der Waals surface area contributed by atoms with E-state index in [4.69, 9.17) is 6.42 Å². The van der Waals surface area contributed by atoms with Crippen LogP contribution < -0.4 is 10.6 Å². The van der Waals surface area contributed by atoms with Crippen molar-refractivity contribution in [2.75, 3.05) is 6.54 Å². The Labute approximate surface area is 85.6 Å². The lowest BCUT2D eigenvalue weighted by Gasteiger charge is -2.10. The first kappa shape index (κ1) is 11.1. The Kier molecular flexibility index (Phi) is 4.48. The summed E-state index contributed by atoms with van der Waals surface area (Å²) in [7, 11) is 0. The molecule has 14 heavy (non-hydrogen) atoms. The lowest BCUT2D eigenvalue weighted by atomic mass is 10.2. The molecule has 0 bridgehead atoms. The molecule has 1 unspecified atom stereocenters. The third-order valence-electron chi connectivity index (χ3n) is 2.19. The molecule has 0 heterocycles. The van der Waals surface area contributed by atoms with Crippen LogP contribution in [-0.2, 0) is 4.79 Å². The summed E-state index contributed by atoms with van der Waals surface area (Å²) in [6.45, 7) is 2.70. The number of hydrogen-bond acceptors (Lipinski definition) is 2. The van der Waals surface area contributed by atoms with Crippen molar-refractivity contribution in [1.29, 1.82) is 0 Å². The van der Waals surface area contributed by atoms with E-state index in [2.05, 4.69) is 16.6 Å². The van der Waals surface area contributed by atoms with Crippen molar-refractivity contribution in [3.8, 4) is 12.3 Å². The maximum atomic E-state index is 11.3. The molecule has 2 N–H and O–H groups in total. The average Bonchev–Trinajstić information content (AvgIpc) is 2.88. The smallest absolute Gasteiger partial charge is 0.221 e. The van der Waals surface area contributed by atoms with Gasteiger partial charge in [-0.3, -0.25) is 4.79 Å². The second-order valence-electron chi connectivity index (χ2n) is 3.86. The van der Waals surface area contributed by atoms with Gasteiger partial charge in [0.05, 0.1) is 0 Å². The molecule has 0 saturated heterocycles. The lowest BCUT2D eigenvalue weighted by Crippen LogP contribution is -2.34. The fourth-order valence-corrected chi connectivity index (χ4v) is 1.25. The van der Waals surface area contributed by atoms with E-state index in [1.54, 1.807) is 0 Å². The fourth-order valence-electron chi connectivity index (χ4n) is 1.25. The number of terminal acetylenes is 1. The van der Waals surface area contributed by atoms with Gasteiger partial charge in [0, 0.05) is 31.5 Å². The van der Waals surface area contributed by atoms with Crippen molar-refractivity contribution in [3.63, 3.8) is 0 Å².